The van der Waals surface area contributed by atoms with Gasteiger partial charge in [-0.25, -0.2) is 0 Å². The smallest absolute Gasteiger partial charge is 0.278 e. The molecule has 1 N–H and O–H groups in total. The van der Waals surface area contributed by atoms with Gasteiger partial charge in [-0.05, 0) is 62.6 Å². The van der Waals surface area contributed by atoms with Crippen LogP contribution in [-0.4, -0.2) is 36.5 Å². The summed E-state index contributed by atoms with van der Waals surface area (Å²) in [6.07, 6.45) is 0.559. The quantitative estimate of drug-likeness (QED) is 0.445. The first-order valence-corrected chi connectivity index (χ1v) is 10.6. The van der Waals surface area contributed by atoms with E-state index in [0.29, 0.717) is 35.2 Å². The summed E-state index contributed by atoms with van der Waals surface area (Å²) in [4.78, 5) is 27.6. The number of hydrogen-bond acceptors (Lipinski definition) is 4. The van der Waals surface area contributed by atoms with E-state index in [0.717, 1.165) is 16.8 Å². The van der Waals surface area contributed by atoms with Crippen LogP contribution in [0.15, 0.2) is 42.1 Å². The van der Waals surface area contributed by atoms with Gasteiger partial charge < -0.3 is 10.1 Å². The third kappa shape index (κ3) is 4.69. The molecule has 0 aliphatic carbocycles. The summed E-state index contributed by atoms with van der Waals surface area (Å²) in [5, 5.41) is 3.93. The minimum absolute atomic E-state index is 0.212. The zero-order valence-electron chi connectivity index (χ0n) is 17.2. The molecule has 158 valence electrons. The van der Waals surface area contributed by atoms with Crippen LogP contribution in [0, 0.1) is 13.8 Å². The molecule has 0 atom stereocenters. The highest BCUT2D eigenvalue weighted by Gasteiger charge is 2.39. The molecule has 0 radical (unpaired) electrons. The lowest BCUT2D eigenvalue weighted by Crippen LogP contribution is -2.34. The molecule has 5 nitrogen and oxygen atoms in total. The van der Waals surface area contributed by atoms with Crippen molar-refractivity contribution in [2.75, 3.05) is 25.1 Å². The first-order chi connectivity index (χ1) is 14.3. The van der Waals surface area contributed by atoms with Crippen LogP contribution >= 0.6 is 23.2 Å². The number of rotatable bonds is 8. The van der Waals surface area contributed by atoms with Crippen LogP contribution < -0.4 is 5.32 Å². The number of aryl methyl sites for hydroxylation is 2. The van der Waals surface area contributed by atoms with E-state index in [-0.39, 0.29) is 29.6 Å². The first kappa shape index (κ1) is 22.3. The lowest BCUT2D eigenvalue weighted by atomic mass is 10.0. The average Bonchev–Trinajstić information content (AvgIpc) is 2.92. The topological polar surface area (TPSA) is 58.6 Å². The van der Waals surface area contributed by atoms with Gasteiger partial charge in [-0.2, -0.15) is 0 Å². The maximum absolute atomic E-state index is 13.2. The van der Waals surface area contributed by atoms with Crippen molar-refractivity contribution in [1.29, 1.82) is 0 Å². The second-order valence-electron chi connectivity index (χ2n) is 7.11. The number of nitrogens with zero attached hydrogens (tertiary/aromatic N) is 1. The SMILES string of the molecule is CCOCCCN1C(=O)C(Nc2ccc(C)c(C)c2)=C(c2ccc(Cl)cc2Cl)C1=O. The van der Waals surface area contributed by atoms with Gasteiger partial charge in [0.15, 0.2) is 0 Å². The molecular formula is C23H24Cl2N2O3. The second-order valence-corrected chi connectivity index (χ2v) is 7.95. The Morgan fingerprint density at radius 1 is 1.00 bits per heavy atom. The molecule has 1 aliphatic rings. The van der Waals surface area contributed by atoms with Crippen molar-refractivity contribution in [3.05, 3.63) is 68.8 Å². The van der Waals surface area contributed by atoms with Crippen LogP contribution in [0.25, 0.3) is 5.57 Å². The summed E-state index contributed by atoms with van der Waals surface area (Å²) < 4.78 is 5.34. The van der Waals surface area contributed by atoms with E-state index in [9.17, 15) is 9.59 Å². The third-order valence-corrected chi connectivity index (χ3v) is 5.57. The Morgan fingerprint density at radius 2 is 1.77 bits per heavy atom. The van der Waals surface area contributed by atoms with Crippen LogP contribution in [0.1, 0.15) is 30.0 Å². The van der Waals surface area contributed by atoms with Crippen molar-refractivity contribution >= 4 is 46.3 Å². The zero-order chi connectivity index (χ0) is 21.8. The van der Waals surface area contributed by atoms with Crippen LogP contribution in [0.3, 0.4) is 0 Å². The summed E-state index contributed by atoms with van der Waals surface area (Å²) in [7, 11) is 0. The van der Waals surface area contributed by atoms with Crippen molar-refractivity contribution in [3.8, 4) is 0 Å². The standard InChI is InChI=1S/C23H24Cl2N2O3/c1-4-30-11-5-10-27-22(28)20(18-9-7-16(24)13-19(18)25)21(23(27)29)26-17-8-6-14(2)15(3)12-17/h6-9,12-13,26H,4-5,10-11H2,1-3H3. The van der Waals surface area contributed by atoms with E-state index in [1.54, 1.807) is 18.2 Å². The van der Waals surface area contributed by atoms with Gasteiger partial charge in [0, 0.05) is 36.0 Å². The summed E-state index contributed by atoms with van der Waals surface area (Å²) >= 11 is 12.4. The van der Waals surface area contributed by atoms with E-state index in [4.69, 9.17) is 27.9 Å². The number of ether oxygens (including phenoxy) is 1. The van der Waals surface area contributed by atoms with Gasteiger partial charge >= 0.3 is 0 Å². The normalized spacial score (nSPS) is 14.1. The third-order valence-electron chi connectivity index (χ3n) is 5.02. The molecule has 0 bridgehead atoms. The lowest BCUT2D eigenvalue weighted by molar-refractivity contribution is -0.137. The molecule has 30 heavy (non-hydrogen) atoms. The van der Waals surface area contributed by atoms with Gasteiger partial charge in [0.05, 0.1) is 10.6 Å². The van der Waals surface area contributed by atoms with E-state index in [1.165, 1.54) is 4.90 Å². The Morgan fingerprint density at radius 3 is 2.43 bits per heavy atom. The van der Waals surface area contributed by atoms with Gasteiger partial charge in [0.2, 0.25) is 0 Å². The number of anilines is 1. The maximum Gasteiger partial charge on any atom is 0.278 e. The molecule has 3 rings (SSSR count). The van der Waals surface area contributed by atoms with Crippen molar-refractivity contribution in [3.63, 3.8) is 0 Å². The van der Waals surface area contributed by atoms with Crippen molar-refractivity contribution in [2.24, 2.45) is 0 Å². The van der Waals surface area contributed by atoms with Gasteiger partial charge in [-0.3, -0.25) is 14.5 Å². The summed E-state index contributed by atoms with van der Waals surface area (Å²) in [6.45, 7) is 7.25. The first-order valence-electron chi connectivity index (χ1n) is 9.81. The summed E-state index contributed by atoms with van der Waals surface area (Å²) in [5.41, 5.74) is 3.88. The molecule has 1 aliphatic heterocycles. The van der Waals surface area contributed by atoms with Crippen LogP contribution in [0.4, 0.5) is 5.69 Å². The summed E-state index contributed by atoms with van der Waals surface area (Å²) in [6, 6.07) is 10.7. The molecule has 0 saturated carbocycles. The fourth-order valence-electron chi connectivity index (χ4n) is 3.27. The highest BCUT2D eigenvalue weighted by molar-refractivity contribution is 6.41. The molecule has 0 aromatic heterocycles. The number of imide groups is 1. The highest BCUT2D eigenvalue weighted by atomic mass is 35.5. The Hall–Kier alpha value is -2.34. The predicted octanol–water partition coefficient (Wildman–Crippen LogP) is 5.23. The van der Waals surface area contributed by atoms with E-state index < -0.39 is 0 Å². The molecule has 0 saturated heterocycles. The van der Waals surface area contributed by atoms with Crippen molar-refractivity contribution in [1.82, 2.24) is 4.90 Å². The van der Waals surface area contributed by atoms with Gasteiger partial charge in [-0.1, -0.05) is 35.3 Å². The number of carbonyl (C=O) groups is 2. The zero-order valence-corrected chi connectivity index (χ0v) is 18.7. The van der Waals surface area contributed by atoms with Crippen LogP contribution in [0.2, 0.25) is 10.0 Å². The number of nitrogens with one attached hydrogen (secondary N) is 1. The number of halogens is 2. The molecule has 0 fully saturated rings. The van der Waals surface area contributed by atoms with Crippen LogP contribution in [0.5, 0.6) is 0 Å². The van der Waals surface area contributed by atoms with E-state index in [2.05, 4.69) is 5.32 Å². The lowest BCUT2D eigenvalue weighted by Gasteiger charge is -2.15. The summed E-state index contributed by atoms with van der Waals surface area (Å²) in [5.74, 6) is -0.761. The molecule has 7 heteroatoms. The fourth-order valence-corrected chi connectivity index (χ4v) is 3.77. The highest BCUT2D eigenvalue weighted by Crippen LogP contribution is 2.35. The number of amides is 2. The number of benzene rings is 2. The van der Waals surface area contributed by atoms with E-state index >= 15 is 0 Å². The second kappa shape index (κ2) is 9.65. The molecule has 2 aromatic carbocycles. The fraction of sp³-hybridized carbons (Fsp3) is 0.304. The molecule has 2 aromatic rings. The Labute approximate surface area is 186 Å². The Kier molecular flexibility index (Phi) is 7.19. The molecular weight excluding hydrogens is 423 g/mol. The molecule has 0 unspecified atom stereocenters. The molecule has 1 heterocycles. The minimum atomic E-state index is -0.382. The van der Waals surface area contributed by atoms with Crippen molar-refractivity contribution in [2.45, 2.75) is 27.2 Å². The van der Waals surface area contributed by atoms with Crippen LogP contribution in [-0.2, 0) is 14.3 Å². The Bertz CT molecular complexity index is 1020. The largest absolute Gasteiger partial charge is 0.382 e. The molecule has 0 spiro atoms. The van der Waals surface area contributed by atoms with Gasteiger partial charge in [-0.15, -0.1) is 0 Å². The molecule has 2 amide bonds. The number of hydrogen-bond donors (Lipinski definition) is 1. The van der Waals surface area contributed by atoms with Crippen molar-refractivity contribution < 1.29 is 14.3 Å². The predicted molar refractivity (Wildman–Crippen MR) is 121 cm³/mol. The Balaban J connectivity index is 2.00. The minimum Gasteiger partial charge on any atom is -0.382 e. The van der Waals surface area contributed by atoms with Gasteiger partial charge in [0.25, 0.3) is 11.8 Å². The number of carbonyl (C=O) groups excluding carboxylic acids is 2. The van der Waals surface area contributed by atoms with E-state index in [1.807, 2.05) is 39.0 Å². The maximum atomic E-state index is 13.2. The monoisotopic (exact) mass is 446 g/mol. The average molecular weight is 447 g/mol. The van der Waals surface area contributed by atoms with Gasteiger partial charge in [0.1, 0.15) is 5.70 Å².